The van der Waals surface area contributed by atoms with E-state index in [1.165, 1.54) is 28.4 Å². The van der Waals surface area contributed by atoms with E-state index < -0.39 is 21.9 Å². The maximum atomic E-state index is 13.6. The van der Waals surface area contributed by atoms with Crippen molar-refractivity contribution in [3.8, 4) is 0 Å². The summed E-state index contributed by atoms with van der Waals surface area (Å²) in [7, 11) is -2.05. The van der Waals surface area contributed by atoms with Crippen molar-refractivity contribution in [1.29, 1.82) is 0 Å². The van der Waals surface area contributed by atoms with Crippen LogP contribution in [-0.4, -0.2) is 51.0 Å². The predicted octanol–water partition coefficient (Wildman–Crippen LogP) is 4.07. The summed E-state index contributed by atoms with van der Waals surface area (Å²) in [5.74, 6) is -1.01. The lowest BCUT2D eigenvalue weighted by atomic mass is 10.0. The van der Waals surface area contributed by atoms with E-state index in [2.05, 4.69) is 5.32 Å². The SMILES string of the molecule is CNC(=O)[C@H](Cc1ccccc1)N(Cc1ccc(F)cc1)C(=O)CCCN(c1cccc(C)c1)S(C)(=O)=O. The zero-order valence-electron chi connectivity index (χ0n) is 21.9. The molecule has 0 spiro atoms. The van der Waals surface area contributed by atoms with Crippen LogP contribution in [0.4, 0.5) is 10.1 Å². The molecule has 0 aliphatic heterocycles. The minimum absolute atomic E-state index is 0.0291. The smallest absolute Gasteiger partial charge is 0.242 e. The number of benzene rings is 3. The molecule has 7 nitrogen and oxygen atoms in total. The van der Waals surface area contributed by atoms with Crippen LogP contribution >= 0.6 is 0 Å². The Kier molecular flexibility index (Phi) is 10.0. The molecule has 0 radical (unpaired) electrons. The summed E-state index contributed by atoms with van der Waals surface area (Å²) in [5.41, 5.74) is 3.03. The molecule has 0 heterocycles. The zero-order chi connectivity index (χ0) is 27.7. The van der Waals surface area contributed by atoms with Gasteiger partial charge in [-0.3, -0.25) is 13.9 Å². The van der Waals surface area contributed by atoms with Gasteiger partial charge >= 0.3 is 0 Å². The Morgan fingerprint density at radius 2 is 1.63 bits per heavy atom. The number of likely N-dealkylation sites (N-methyl/N-ethyl adjacent to an activating group) is 1. The number of rotatable bonds is 12. The summed E-state index contributed by atoms with van der Waals surface area (Å²) in [6.07, 6.45) is 1.72. The van der Waals surface area contributed by atoms with Gasteiger partial charge in [0.1, 0.15) is 11.9 Å². The number of nitrogens with zero attached hydrogens (tertiary/aromatic N) is 2. The van der Waals surface area contributed by atoms with Crippen LogP contribution in [0.25, 0.3) is 0 Å². The average molecular weight is 540 g/mol. The Balaban J connectivity index is 1.84. The molecule has 3 aromatic carbocycles. The molecule has 202 valence electrons. The second-order valence-corrected chi connectivity index (χ2v) is 11.2. The normalized spacial score (nSPS) is 12.0. The van der Waals surface area contributed by atoms with E-state index in [1.54, 1.807) is 30.3 Å². The topological polar surface area (TPSA) is 86.8 Å². The number of amides is 2. The van der Waals surface area contributed by atoms with Crippen LogP contribution in [0.1, 0.15) is 29.5 Å². The van der Waals surface area contributed by atoms with Crippen LogP contribution in [0.2, 0.25) is 0 Å². The molecule has 1 atom stereocenters. The van der Waals surface area contributed by atoms with Crippen LogP contribution in [0, 0.1) is 12.7 Å². The van der Waals surface area contributed by atoms with Gasteiger partial charge in [-0.2, -0.15) is 0 Å². The molecule has 2 amide bonds. The highest BCUT2D eigenvalue weighted by atomic mass is 32.2. The Hall–Kier alpha value is -3.72. The van der Waals surface area contributed by atoms with Crippen LogP contribution < -0.4 is 9.62 Å². The third-order valence-corrected chi connectivity index (χ3v) is 7.42. The maximum absolute atomic E-state index is 13.6. The number of nitrogens with one attached hydrogen (secondary N) is 1. The largest absolute Gasteiger partial charge is 0.357 e. The van der Waals surface area contributed by atoms with E-state index in [-0.39, 0.29) is 37.7 Å². The third kappa shape index (κ3) is 8.14. The van der Waals surface area contributed by atoms with Crippen molar-refractivity contribution < 1.29 is 22.4 Å². The van der Waals surface area contributed by atoms with Crippen LogP contribution in [0.3, 0.4) is 0 Å². The first-order valence-corrected chi connectivity index (χ1v) is 14.3. The Morgan fingerprint density at radius 3 is 2.24 bits per heavy atom. The molecule has 0 saturated carbocycles. The number of aryl methyl sites for hydroxylation is 1. The van der Waals surface area contributed by atoms with Crippen molar-refractivity contribution in [3.05, 3.63) is 101 Å². The zero-order valence-corrected chi connectivity index (χ0v) is 22.7. The first-order valence-electron chi connectivity index (χ1n) is 12.4. The van der Waals surface area contributed by atoms with Gasteiger partial charge in [-0.1, -0.05) is 54.6 Å². The van der Waals surface area contributed by atoms with Gasteiger partial charge in [-0.05, 0) is 54.3 Å². The summed E-state index contributed by atoms with van der Waals surface area (Å²) in [5, 5.41) is 2.66. The summed E-state index contributed by atoms with van der Waals surface area (Å²) >= 11 is 0. The average Bonchev–Trinajstić information content (AvgIpc) is 2.89. The van der Waals surface area contributed by atoms with Crippen molar-refractivity contribution in [2.45, 2.75) is 38.8 Å². The Morgan fingerprint density at radius 1 is 0.947 bits per heavy atom. The minimum Gasteiger partial charge on any atom is -0.357 e. The molecule has 1 N–H and O–H groups in total. The van der Waals surface area contributed by atoms with Crippen LogP contribution in [-0.2, 0) is 32.6 Å². The van der Waals surface area contributed by atoms with E-state index >= 15 is 0 Å². The molecule has 0 aliphatic carbocycles. The van der Waals surface area contributed by atoms with Crippen LogP contribution in [0.5, 0.6) is 0 Å². The van der Waals surface area contributed by atoms with Gasteiger partial charge in [0, 0.05) is 33.0 Å². The number of sulfonamides is 1. The molecule has 0 bridgehead atoms. The van der Waals surface area contributed by atoms with Crippen molar-refractivity contribution in [3.63, 3.8) is 0 Å². The van der Waals surface area contributed by atoms with Gasteiger partial charge in [-0.25, -0.2) is 12.8 Å². The summed E-state index contributed by atoms with van der Waals surface area (Å²) in [4.78, 5) is 28.1. The Labute approximate surface area is 224 Å². The molecule has 0 unspecified atom stereocenters. The van der Waals surface area contributed by atoms with Gasteiger partial charge < -0.3 is 10.2 Å². The van der Waals surface area contributed by atoms with Gasteiger partial charge in [0.05, 0.1) is 11.9 Å². The van der Waals surface area contributed by atoms with Crippen molar-refractivity contribution in [2.24, 2.45) is 0 Å². The molecule has 0 saturated heterocycles. The molecule has 0 fully saturated rings. The van der Waals surface area contributed by atoms with E-state index in [1.807, 2.05) is 43.3 Å². The monoisotopic (exact) mass is 539 g/mol. The van der Waals surface area contributed by atoms with Gasteiger partial charge in [0.25, 0.3) is 0 Å². The van der Waals surface area contributed by atoms with Gasteiger partial charge in [-0.15, -0.1) is 0 Å². The lowest BCUT2D eigenvalue weighted by Crippen LogP contribution is -2.49. The molecule has 0 aliphatic rings. The number of anilines is 1. The van der Waals surface area contributed by atoms with Gasteiger partial charge in [0.2, 0.25) is 21.8 Å². The second kappa shape index (κ2) is 13.2. The highest BCUT2D eigenvalue weighted by Crippen LogP contribution is 2.21. The molecule has 38 heavy (non-hydrogen) atoms. The standard InChI is InChI=1S/C29H34FN3O4S/c1-22-9-7-12-26(19-22)33(38(3,36)37)18-8-13-28(34)32(21-24-14-16-25(30)17-15-24)27(29(35)31-2)20-23-10-5-4-6-11-23/h4-7,9-12,14-17,19,27H,8,13,18,20-21H2,1-3H3,(H,31,35)/t27-/m0/s1. The van der Waals surface area contributed by atoms with Crippen molar-refractivity contribution >= 4 is 27.5 Å². The molecule has 3 rings (SSSR count). The van der Waals surface area contributed by atoms with E-state index in [4.69, 9.17) is 0 Å². The lowest BCUT2D eigenvalue weighted by Gasteiger charge is -2.31. The molecular formula is C29H34FN3O4S. The fraction of sp³-hybridized carbons (Fsp3) is 0.310. The van der Waals surface area contributed by atoms with Crippen molar-refractivity contribution in [1.82, 2.24) is 10.2 Å². The molecule has 9 heteroatoms. The Bertz CT molecular complexity index is 1330. The number of carbonyl (C=O) groups is 2. The molecular weight excluding hydrogens is 505 g/mol. The summed E-state index contributed by atoms with van der Waals surface area (Å²) < 4.78 is 39.8. The van der Waals surface area contributed by atoms with E-state index in [0.717, 1.165) is 17.4 Å². The molecule has 0 aromatic heterocycles. The molecule has 3 aromatic rings. The maximum Gasteiger partial charge on any atom is 0.242 e. The fourth-order valence-electron chi connectivity index (χ4n) is 4.29. The highest BCUT2D eigenvalue weighted by molar-refractivity contribution is 7.92. The van der Waals surface area contributed by atoms with Crippen LogP contribution in [0.15, 0.2) is 78.9 Å². The third-order valence-electron chi connectivity index (χ3n) is 6.23. The number of halogens is 1. The summed E-state index contributed by atoms with van der Waals surface area (Å²) in [6.45, 7) is 2.10. The number of carbonyl (C=O) groups excluding carboxylic acids is 2. The van der Waals surface area contributed by atoms with E-state index in [0.29, 0.717) is 17.7 Å². The van der Waals surface area contributed by atoms with Gasteiger partial charge in [0.15, 0.2) is 0 Å². The quantitative estimate of drug-likeness (QED) is 0.376. The lowest BCUT2D eigenvalue weighted by molar-refractivity contribution is -0.141. The second-order valence-electron chi connectivity index (χ2n) is 9.25. The highest BCUT2D eigenvalue weighted by Gasteiger charge is 2.30. The van der Waals surface area contributed by atoms with Crippen molar-refractivity contribution in [2.75, 3.05) is 24.2 Å². The van der Waals surface area contributed by atoms with E-state index in [9.17, 15) is 22.4 Å². The first kappa shape index (κ1) is 28.8. The predicted molar refractivity (Wildman–Crippen MR) is 148 cm³/mol. The number of hydrogen-bond acceptors (Lipinski definition) is 4. The minimum atomic E-state index is -3.57. The fourth-order valence-corrected chi connectivity index (χ4v) is 5.25. The summed E-state index contributed by atoms with van der Waals surface area (Å²) in [6, 6.07) is 21.6. The number of hydrogen-bond donors (Lipinski definition) is 1. The first-order chi connectivity index (χ1) is 18.1.